The standard InChI is InChI=1S/C20H25N5/c1-3-25-15-21-13-17(25)14-24-11-9-18-19(10-12-24)23(2)22-20(18)16-7-5-4-6-8-16/h4-8,13,15H,3,9-12,14H2,1-2H3. The molecular formula is C20H25N5. The number of hydrogen-bond acceptors (Lipinski definition) is 3. The van der Waals surface area contributed by atoms with E-state index in [0.717, 1.165) is 44.7 Å². The minimum atomic E-state index is 0.968. The molecule has 0 amide bonds. The Balaban J connectivity index is 1.56. The third-order valence-corrected chi connectivity index (χ3v) is 5.19. The van der Waals surface area contributed by atoms with Crippen molar-refractivity contribution in [2.24, 2.45) is 7.05 Å². The van der Waals surface area contributed by atoms with E-state index in [1.165, 1.54) is 22.5 Å². The molecule has 3 heterocycles. The lowest BCUT2D eigenvalue weighted by atomic mass is 10.0. The van der Waals surface area contributed by atoms with E-state index in [9.17, 15) is 0 Å². The summed E-state index contributed by atoms with van der Waals surface area (Å²) < 4.78 is 4.31. The monoisotopic (exact) mass is 335 g/mol. The van der Waals surface area contributed by atoms with Crippen LogP contribution in [0.25, 0.3) is 11.3 Å². The van der Waals surface area contributed by atoms with Gasteiger partial charge >= 0.3 is 0 Å². The van der Waals surface area contributed by atoms with E-state index in [-0.39, 0.29) is 0 Å². The molecule has 2 aromatic heterocycles. The van der Waals surface area contributed by atoms with Crippen LogP contribution in [0.2, 0.25) is 0 Å². The van der Waals surface area contributed by atoms with E-state index >= 15 is 0 Å². The van der Waals surface area contributed by atoms with Crippen LogP contribution < -0.4 is 0 Å². The van der Waals surface area contributed by atoms with E-state index in [4.69, 9.17) is 5.10 Å². The van der Waals surface area contributed by atoms with E-state index in [2.05, 4.69) is 63.4 Å². The molecule has 5 heteroatoms. The summed E-state index contributed by atoms with van der Waals surface area (Å²) in [5.74, 6) is 0. The summed E-state index contributed by atoms with van der Waals surface area (Å²) in [5.41, 5.74) is 6.47. The van der Waals surface area contributed by atoms with Crippen LogP contribution in [-0.4, -0.2) is 37.3 Å². The van der Waals surface area contributed by atoms with Crippen molar-refractivity contribution in [3.63, 3.8) is 0 Å². The number of aryl methyl sites for hydroxylation is 2. The maximum absolute atomic E-state index is 4.82. The van der Waals surface area contributed by atoms with Crippen molar-refractivity contribution in [1.82, 2.24) is 24.2 Å². The first kappa shape index (κ1) is 16.1. The number of imidazole rings is 1. The minimum absolute atomic E-state index is 0.968. The van der Waals surface area contributed by atoms with Gasteiger partial charge in [-0.3, -0.25) is 9.58 Å². The molecule has 130 valence electrons. The molecule has 0 bridgehead atoms. The average Bonchev–Trinajstić information content (AvgIpc) is 3.15. The zero-order valence-electron chi connectivity index (χ0n) is 15.0. The molecule has 1 aliphatic heterocycles. The fraction of sp³-hybridized carbons (Fsp3) is 0.400. The van der Waals surface area contributed by atoms with E-state index in [0.29, 0.717) is 0 Å². The molecule has 0 radical (unpaired) electrons. The van der Waals surface area contributed by atoms with Crippen LogP contribution in [0.5, 0.6) is 0 Å². The molecule has 0 unspecified atom stereocenters. The molecule has 3 aromatic rings. The van der Waals surface area contributed by atoms with Crippen LogP contribution in [0.4, 0.5) is 0 Å². The second-order valence-corrected chi connectivity index (χ2v) is 6.71. The molecule has 0 spiro atoms. The normalized spacial score (nSPS) is 15.1. The Morgan fingerprint density at radius 1 is 1.08 bits per heavy atom. The highest BCUT2D eigenvalue weighted by atomic mass is 15.3. The molecule has 0 N–H and O–H groups in total. The molecule has 1 aromatic carbocycles. The van der Waals surface area contributed by atoms with E-state index < -0.39 is 0 Å². The molecule has 5 nitrogen and oxygen atoms in total. The van der Waals surface area contributed by atoms with Gasteiger partial charge in [0.2, 0.25) is 0 Å². The zero-order chi connectivity index (χ0) is 17.2. The number of rotatable bonds is 4. The molecular weight excluding hydrogens is 310 g/mol. The van der Waals surface area contributed by atoms with Crippen LogP contribution in [-0.2, 0) is 33.0 Å². The van der Waals surface area contributed by atoms with Gasteiger partial charge in [0.15, 0.2) is 0 Å². The minimum Gasteiger partial charge on any atom is -0.334 e. The highest BCUT2D eigenvalue weighted by molar-refractivity contribution is 5.64. The van der Waals surface area contributed by atoms with Crippen molar-refractivity contribution < 1.29 is 0 Å². The summed E-state index contributed by atoms with van der Waals surface area (Å²) >= 11 is 0. The zero-order valence-corrected chi connectivity index (χ0v) is 15.0. The average molecular weight is 335 g/mol. The summed E-state index contributed by atoms with van der Waals surface area (Å²) in [4.78, 5) is 6.84. The number of nitrogens with zero attached hydrogens (tertiary/aromatic N) is 5. The molecule has 0 atom stereocenters. The Morgan fingerprint density at radius 2 is 1.88 bits per heavy atom. The molecule has 0 fully saturated rings. The third-order valence-electron chi connectivity index (χ3n) is 5.19. The van der Waals surface area contributed by atoms with Crippen LogP contribution in [0.1, 0.15) is 23.9 Å². The van der Waals surface area contributed by atoms with Crippen LogP contribution in [0.15, 0.2) is 42.9 Å². The lowest BCUT2D eigenvalue weighted by Crippen LogP contribution is -2.27. The Morgan fingerprint density at radius 3 is 2.68 bits per heavy atom. The topological polar surface area (TPSA) is 38.9 Å². The smallest absolute Gasteiger partial charge is 0.0958 e. The van der Waals surface area contributed by atoms with Crippen molar-refractivity contribution in [3.8, 4) is 11.3 Å². The van der Waals surface area contributed by atoms with Gasteiger partial charge in [-0.05, 0) is 13.3 Å². The summed E-state index contributed by atoms with van der Waals surface area (Å²) in [6.45, 7) is 6.24. The molecule has 0 aliphatic carbocycles. The summed E-state index contributed by atoms with van der Waals surface area (Å²) in [6.07, 6.45) is 6.03. The first-order valence-electron chi connectivity index (χ1n) is 9.07. The Hall–Kier alpha value is -2.40. The van der Waals surface area contributed by atoms with E-state index in [1.54, 1.807) is 0 Å². The maximum atomic E-state index is 4.82. The first-order valence-corrected chi connectivity index (χ1v) is 9.07. The van der Waals surface area contributed by atoms with Crippen molar-refractivity contribution >= 4 is 0 Å². The van der Waals surface area contributed by atoms with Gasteiger partial charge in [0, 0.05) is 62.7 Å². The van der Waals surface area contributed by atoms with Gasteiger partial charge in [-0.15, -0.1) is 0 Å². The second kappa shape index (κ2) is 6.84. The number of benzene rings is 1. The van der Waals surface area contributed by atoms with Gasteiger partial charge in [0.1, 0.15) is 0 Å². The molecule has 4 rings (SSSR count). The van der Waals surface area contributed by atoms with Crippen LogP contribution in [0.3, 0.4) is 0 Å². The highest BCUT2D eigenvalue weighted by Crippen LogP contribution is 2.28. The Labute approximate surface area is 148 Å². The van der Waals surface area contributed by atoms with Crippen LogP contribution in [0, 0.1) is 0 Å². The lowest BCUT2D eigenvalue weighted by molar-refractivity contribution is 0.270. The second-order valence-electron chi connectivity index (χ2n) is 6.71. The third kappa shape index (κ3) is 3.12. The van der Waals surface area contributed by atoms with Crippen molar-refractivity contribution in [2.75, 3.05) is 13.1 Å². The first-order chi connectivity index (χ1) is 12.3. The molecule has 0 saturated heterocycles. The number of aromatic nitrogens is 4. The Kier molecular flexibility index (Phi) is 4.40. The molecule has 1 aliphatic rings. The van der Waals surface area contributed by atoms with Crippen molar-refractivity contribution in [3.05, 3.63) is 59.8 Å². The summed E-state index contributed by atoms with van der Waals surface area (Å²) in [6, 6.07) is 10.6. The van der Waals surface area contributed by atoms with E-state index in [1.807, 2.05) is 12.5 Å². The largest absolute Gasteiger partial charge is 0.334 e. The van der Waals surface area contributed by atoms with Gasteiger partial charge in [-0.25, -0.2) is 4.98 Å². The summed E-state index contributed by atoms with van der Waals surface area (Å²) in [5, 5.41) is 4.82. The predicted molar refractivity (Wildman–Crippen MR) is 99.2 cm³/mol. The number of fused-ring (bicyclic) bond motifs is 1. The quantitative estimate of drug-likeness (QED) is 0.736. The SMILES string of the molecule is CCn1cncc1CN1CCc2c(-c3ccccc3)nn(C)c2CC1. The highest BCUT2D eigenvalue weighted by Gasteiger charge is 2.22. The van der Waals surface area contributed by atoms with Gasteiger partial charge < -0.3 is 4.57 Å². The fourth-order valence-corrected chi connectivity index (χ4v) is 3.80. The van der Waals surface area contributed by atoms with Crippen LogP contribution >= 0.6 is 0 Å². The maximum Gasteiger partial charge on any atom is 0.0958 e. The molecule has 25 heavy (non-hydrogen) atoms. The van der Waals surface area contributed by atoms with Crippen molar-refractivity contribution in [1.29, 1.82) is 0 Å². The molecule has 0 saturated carbocycles. The van der Waals surface area contributed by atoms with Gasteiger partial charge in [0.25, 0.3) is 0 Å². The fourth-order valence-electron chi connectivity index (χ4n) is 3.80. The van der Waals surface area contributed by atoms with Gasteiger partial charge in [0.05, 0.1) is 17.7 Å². The van der Waals surface area contributed by atoms with Gasteiger partial charge in [-0.2, -0.15) is 5.10 Å². The van der Waals surface area contributed by atoms with Gasteiger partial charge in [-0.1, -0.05) is 30.3 Å². The summed E-state index contributed by atoms with van der Waals surface area (Å²) in [7, 11) is 2.08. The van der Waals surface area contributed by atoms with Crippen molar-refractivity contribution in [2.45, 2.75) is 32.9 Å². The Bertz CT molecular complexity index is 846. The number of hydrogen-bond donors (Lipinski definition) is 0. The lowest BCUT2D eigenvalue weighted by Gasteiger charge is -2.20. The predicted octanol–water partition coefficient (Wildman–Crippen LogP) is 2.90.